The first-order valence-electron chi connectivity index (χ1n) is 24.4. The molecule has 0 aromatic heterocycles. The van der Waals surface area contributed by atoms with E-state index in [-0.39, 0.29) is 25.8 Å². The number of allylic oxidation sites excluding steroid dienone is 8. The molecule has 0 rings (SSSR count). The molecule has 0 saturated heterocycles. The quantitative estimate of drug-likeness (QED) is 0.0198. The minimum atomic E-state index is -4.53. The van der Waals surface area contributed by atoms with Gasteiger partial charge in [0.1, 0.15) is 19.3 Å². The summed E-state index contributed by atoms with van der Waals surface area (Å²) in [7, 11) is 1.35. The number of rotatable bonds is 45. The average Bonchev–Trinajstić information content (AvgIpc) is 3.19. The Kier molecular flexibility index (Phi) is 42.0. The highest BCUT2D eigenvalue weighted by molar-refractivity contribution is 7.45. The van der Waals surface area contributed by atoms with E-state index in [2.05, 4.69) is 62.5 Å². The monoisotopic (exact) mass is 852 g/mol. The van der Waals surface area contributed by atoms with Gasteiger partial charge in [0.15, 0.2) is 0 Å². The molecule has 0 radical (unpaired) electrons. The van der Waals surface area contributed by atoms with Gasteiger partial charge in [0.05, 0.1) is 34.4 Å². The highest BCUT2D eigenvalue weighted by atomic mass is 31.2. The number of nitrogens with zero attached hydrogens (tertiary/aromatic N) is 1. The third-order valence-corrected chi connectivity index (χ3v) is 11.3. The van der Waals surface area contributed by atoms with E-state index >= 15 is 0 Å². The van der Waals surface area contributed by atoms with Gasteiger partial charge >= 0.3 is 5.97 Å². The van der Waals surface area contributed by atoms with E-state index in [4.69, 9.17) is 18.5 Å². The number of ether oxygens (including phenoxy) is 2. The van der Waals surface area contributed by atoms with E-state index < -0.39 is 13.9 Å². The van der Waals surface area contributed by atoms with Gasteiger partial charge in [-0.1, -0.05) is 178 Å². The fraction of sp³-hybridized carbons (Fsp3) is 0.820. The van der Waals surface area contributed by atoms with Crippen molar-refractivity contribution in [3.8, 4) is 0 Å². The average molecular weight is 852 g/mol. The van der Waals surface area contributed by atoms with Crippen LogP contribution in [-0.2, 0) is 27.9 Å². The molecule has 0 amide bonds. The van der Waals surface area contributed by atoms with Crippen LogP contribution in [-0.4, -0.2) is 70.7 Å². The number of carbonyl (C=O) groups excluding carboxylic acids is 1. The first kappa shape index (κ1) is 57.5. The summed E-state index contributed by atoms with van der Waals surface area (Å²) in [5.74, 6) is -0.340. The number of phosphoric acid groups is 1. The Bertz CT molecular complexity index is 1080. The highest BCUT2D eigenvalue weighted by Gasteiger charge is 2.20. The lowest BCUT2D eigenvalue weighted by Crippen LogP contribution is -2.37. The van der Waals surface area contributed by atoms with E-state index in [0.29, 0.717) is 24.1 Å². The Morgan fingerprint density at radius 3 is 1.44 bits per heavy atom. The van der Waals surface area contributed by atoms with E-state index in [1.807, 2.05) is 21.1 Å². The first-order valence-corrected chi connectivity index (χ1v) is 25.8. The second-order valence-electron chi connectivity index (χ2n) is 17.5. The normalized spacial score (nSPS) is 14.1. The third-order valence-electron chi connectivity index (χ3n) is 10.3. The van der Waals surface area contributed by atoms with Crippen LogP contribution in [0.3, 0.4) is 0 Å². The minimum absolute atomic E-state index is 0.0225. The van der Waals surface area contributed by atoms with E-state index in [1.165, 1.54) is 122 Å². The second-order valence-corrected chi connectivity index (χ2v) is 18.9. The SMILES string of the molecule is CCC/C=C\C/C=C\CCCCCCCCOCC(COP(=O)([O-])OCC[N+](C)(C)C)OC(=O)CCCCCCCCCCCCC/C=C\C/C=C\CCCCCCC. The topological polar surface area (TPSA) is 94.1 Å². The molecular weight excluding hydrogens is 758 g/mol. The van der Waals surface area contributed by atoms with Gasteiger partial charge in [0.2, 0.25) is 0 Å². The number of unbranched alkanes of at least 4 members (excludes halogenated alkanes) is 23. The Hall–Kier alpha value is -1.54. The minimum Gasteiger partial charge on any atom is -0.756 e. The summed E-state index contributed by atoms with van der Waals surface area (Å²) in [5, 5.41) is 0. The molecule has 0 saturated carbocycles. The zero-order valence-electron chi connectivity index (χ0n) is 39.2. The maximum absolute atomic E-state index is 12.7. The smallest absolute Gasteiger partial charge is 0.306 e. The summed E-state index contributed by atoms with van der Waals surface area (Å²) in [4.78, 5) is 25.1. The van der Waals surface area contributed by atoms with Crippen molar-refractivity contribution in [3.05, 3.63) is 48.6 Å². The molecule has 0 bridgehead atoms. The summed E-state index contributed by atoms with van der Waals surface area (Å²) in [5.41, 5.74) is 0. The van der Waals surface area contributed by atoms with Gasteiger partial charge in [-0.3, -0.25) is 9.36 Å². The van der Waals surface area contributed by atoms with Crippen molar-refractivity contribution < 1.29 is 37.3 Å². The van der Waals surface area contributed by atoms with E-state index in [9.17, 15) is 14.3 Å². The maximum atomic E-state index is 12.7. The third kappa shape index (κ3) is 47.4. The van der Waals surface area contributed by atoms with Crippen LogP contribution in [0, 0.1) is 0 Å². The molecule has 0 fully saturated rings. The number of quaternary nitrogens is 1. The number of hydrogen-bond donors (Lipinski definition) is 0. The molecule has 2 unspecified atom stereocenters. The van der Waals surface area contributed by atoms with Gasteiger partial charge in [-0.25, -0.2) is 0 Å². The molecule has 9 heteroatoms. The first-order chi connectivity index (χ1) is 28.6. The van der Waals surface area contributed by atoms with Gasteiger partial charge in [-0.2, -0.15) is 0 Å². The lowest BCUT2D eigenvalue weighted by atomic mass is 10.0. The largest absolute Gasteiger partial charge is 0.756 e. The van der Waals surface area contributed by atoms with Crippen molar-refractivity contribution in [2.75, 3.05) is 54.1 Å². The fourth-order valence-corrected chi connectivity index (χ4v) is 7.28. The van der Waals surface area contributed by atoms with Gasteiger partial charge in [-0.05, 0) is 70.6 Å². The van der Waals surface area contributed by atoms with Crippen molar-refractivity contribution in [3.63, 3.8) is 0 Å². The van der Waals surface area contributed by atoms with Crippen molar-refractivity contribution in [1.29, 1.82) is 0 Å². The Labute approximate surface area is 365 Å². The molecule has 0 aliphatic rings. The molecule has 0 heterocycles. The summed E-state index contributed by atoms with van der Waals surface area (Å²) >= 11 is 0. The molecule has 0 aliphatic heterocycles. The number of phosphoric ester groups is 1. The highest BCUT2D eigenvalue weighted by Crippen LogP contribution is 2.38. The zero-order valence-corrected chi connectivity index (χ0v) is 40.1. The molecule has 0 aromatic carbocycles. The van der Waals surface area contributed by atoms with Crippen LogP contribution >= 0.6 is 7.82 Å². The molecule has 59 heavy (non-hydrogen) atoms. The van der Waals surface area contributed by atoms with Gasteiger partial charge in [-0.15, -0.1) is 0 Å². The number of carbonyl (C=O) groups is 1. The Morgan fingerprint density at radius 2 is 0.966 bits per heavy atom. The van der Waals surface area contributed by atoms with E-state index in [0.717, 1.165) is 64.2 Å². The molecule has 0 aliphatic carbocycles. The van der Waals surface area contributed by atoms with Crippen LogP contribution in [0.5, 0.6) is 0 Å². The zero-order chi connectivity index (χ0) is 43.4. The van der Waals surface area contributed by atoms with Crippen LogP contribution < -0.4 is 4.89 Å². The van der Waals surface area contributed by atoms with Crippen LogP contribution in [0.2, 0.25) is 0 Å². The van der Waals surface area contributed by atoms with Crippen LogP contribution in [0.15, 0.2) is 48.6 Å². The maximum Gasteiger partial charge on any atom is 0.306 e. The molecule has 0 aromatic rings. The van der Waals surface area contributed by atoms with Crippen LogP contribution in [0.25, 0.3) is 0 Å². The molecule has 2 atom stereocenters. The number of likely N-dealkylation sites (N-methyl/N-ethyl adjacent to an activating group) is 1. The van der Waals surface area contributed by atoms with Crippen molar-refractivity contribution >= 4 is 13.8 Å². The van der Waals surface area contributed by atoms with Crippen LogP contribution in [0.1, 0.15) is 206 Å². The summed E-state index contributed by atoms with van der Waals surface area (Å²) < 4.78 is 34.7. The molecule has 0 spiro atoms. The van der Waals surface area contributed by atoms with Crippen molar-refractivity contribution in [1.82, 2.24) is 0 Å². The Balaban J connectivity index is 4.14. The van der Waals surface area contributed by atoms with E-state index in [1.54, 1.807) is 0 Å². The van der Waals surface area contributed by atoms with Gasteiger partial charge in [0, 0.05) is 13.0 Å². The number of esters is 1. The lowest BCUT2D eigenvalue weighted by molar-refractivity contribution is -0.870. The predicted octanol–water partition coefficient (Wildman–Crippen LogP) is 14.1. The second kappa shape index (κ2) is 43.1. The fourth-order valence-electron chi connectivity index (χ4n) is 6.56. The standard InChI is InChI=1S/C50H94NO7P/c1-6-8-10-12-14-16-18-20-22-23-24-25-26-27-28-29-30-31-33-35-37-39-41-43-50(52)58-49(48-57-59(53,54)56-46-44-51(3,4)5)47-55-45-42-40-38-36-34-32-21-19-17-15-13-11-9-7-2/h11,13,17-20,23-24,49H,6-10,12,14-16,21-22,25-48H2,1-5H3/b13-11-,19-17-,20-18-,24-23-. The molecular formula is C50H94NO7P. The van der Waals surface area contributed by atoms with Gasteiger partial charge in [0.25, 0.3) is 7.82 Å². The summed E-state index contributed by atoms with van der Waals surface area (Å²) in [6.07, 6.45) is 52.7. The molecule has 0 N–H and O–H groups in total. The lowest BCUT2D eigenvalue weighted by Gasteiger charge is -2.28. The Morgan fingerprint density at radius 1 is 0.525 bits per heavy atom. The molecule has 346 valence electrons. The summed E-state index contributed by atoms with van der Waals surface area (Å²) in [6, 6.07) is 0. The van der Waals surface area contributed by atoms with Gasteiger partial charge < -0.3 is 27.9 Å². The van der Waals surface area contributed by atoms with Crippen molar-refractivity contribution in [2.24, 2.45) is 0 Å². The van der Waals surface area contributed by atoms with Crippen LogP contribution in [0.4, 0.5) is 0 Å². The number of hydrogen-bond acceptors (Lipinski definition) is 7. The summed E-state index contributed by atoms with van der Waals surface area (Å²) in [6.45, 7) is 5.32. The predicted molar refractivity (Wildman–Crippen MR) is 250 cm³/mol. The van der Waals surface area contributed by atoms with Crippen molar-refractivity contribution in [2.45, 2.75) is 213 Å². The molecule has 8 nitrogen and oxygen atoms in total.